The van der Waals surface area contributed by atoms with Crippen LogP contribution in [0.25, 0.3) is 0 Å². The molecule has 13 heavy (non-hydrogen) atoms. The van der Waals surface area contributed by atoms with Crippen LogP contribution in [0.3, 0.4) is 0 Å². The van der Waals surface area contributed by atoms with E-state index in [1.54, 1.807) is 11.3 Å². The number of rotatable bonds is 5. The van der Waals surface area contributed by atoms with Crippen molar-refractivity contribution in [1.29, 1.82) is 0 Å². The van der Waals surface area contributed by atoms with Crippen molar-refractivity contribution in [3.05, 3.63) is 21.9 Å². The summed E-state index contributed by atoms with van der Waals surface area (Å²) in [6.07, 6.45) is 3.83. The summed E-state index contributed by atoms with van der Waals surface area (Å²) < 4.78 is 0. The lowest BCUT2D eigenvalue weighted by Gasteiger charge is -2.08. The van der Waals surface area contributed by atoms with E-state index >= 15 is 0 Å². The monoisotopic (exact) mass is 198 g/mol. The average molecular weight is 198 g/mol. The highest BCUT2D eigenvalue weighted by atomic mass is 32.1. The van der Waals surface area contributed by atoms with Gasteiger partial charge in [0.1, 0.15) is 0 Å². The van der Waals surface area contributed by atoms with Gasteiger partial charge < -0.3 is 5.11 Å². The van der Waals surface area contributed by atoms with E-state index < -0.39 is 0 Å². The fraction of sp³-hybridized carbons (Fsp3) is 0.636. The van der Waals surface area contributed by atoms with E-state index in [9.17, 15) is 5.11 Å². The molecule has 0 radical (unpaired) electrons. The Balaban J connectivity index is 2.30. The van der Waals surface area contributed by atoms with Gasteiger partial charge in [-0.1, -0.05) is 13.3 Å². The highest BCUT2D eigenvalue weighted by Crippen LogP contribution is 2.17. The molecule has 1 heterocycles. The molecule has 0 fully saturated rings. The third kappa shape index (κ3) is 3.49. The van der Waals surface area contributed by atoms with Crippen LogP contribution >= 0.6 is 11.3 Å². The second kappa shape index (κ2) is 5.40. The third-order valence-electron chi connectivity index (χ3n) is 2.34. The SMILES string of the molecule is CCCC(O)CCc1ccsc1C. The maximum atomic E-state index is 9.54. The molecule has 1 unspecified atom stereocenters. The van der Waals surface area contributed by atoms with E-state index in [-0.39, 0.29) is 6.10 Å². The fourth-order valence-corrected chi connectivity index (χ4v) is 2.23. The number of aryl methyl sites for hydroxylation is 2. The molecule has 0 aliphatic carbocycles. The Labute approximate surface area is 84.4 Å². The molecule has 1 aromatic rings. The van der Waals surface area contributed by atoms with Crippen LogP contribution in [0, 0.1) is 6.92 Å². The van der Waals surface area contributed by atoms with Crippen LogP contribution in [0.4, 0.5) is 0 Å². The lowest BCUT2D eigenvalue weighted by molar-refractivity contribution is 0.154. The van der Waals surface area contributed by atoms with Crippen LogP contribution in [0.15, 0.2) is 11.4 Å². The molecule has 1 N–H and O–H groups in total. The second-order valence-corrected chi connectivity index (χ2v) is 4.60. The minimum Gasteiger partial charge on any atom is -0.393 e. The zero-order valence-corrected chi connectivity index (χ0v) is 9.23. The smallest absolute Gasteiger partial charge is 0.0543 e. The Bertz CT molecular complexity index is 242. The highest BCUT2D eigenvalue weighted by molar-refractivity contribution is 7.10. The molecule has 1 nitrogen and oxygen atoms in total. The first-order valence-electron chi connectivity index (χ1n) is 4.95. The van der Waals surface area contributed by atoms with Gasteiger partial charge in [0.25, 0.3) is 0 Å². The predicted molar refractivity (Wildman–Crippen MR) is 58.3 cm³/mol. The summed E-state index contributed by atoms with van der Waals surface area (Å²) in [6, 6.07) is 2.17. The lowest BCUT2D eigenvalue weighted by Crippen LogP contribution is -2.06. The maximum Gasteiger partial charge on any atom is 0.0543 e. The van der Waals surface area contributed by atoms with Crippen LogP contribution in [-0.2, 0) is 6.42 Å². The molecule has 0 aromatic carbocycles. The number of aliphatic hydroxyl groups excluding tert-OH is 1. The number of aliphatic hydroxyl groups is 1. The maximum absolute atomic E-state index is 9.54. The van der Waals surface area contributed by atoms with Gasteiger partial charge in [-0.15, -0.1) is 11.3 Å². The Morgan fingerprint density at radius 2 is 2.23 bits per heavy atom. The summed E-state index contributed by atoms with van der Waals surface area (Å²) in [5.74, 6) is 0. The van der Waals surface area contributed by atoms with Crippen molar-refractivity contribution in [3.8, 4) is 0 Å². The molecule has 0 aliphatic heterocycles. The van der Waals surface area contributed by atoms with E-state index in [0.29, 0.717) is 0 Å². The van der Waals surface area contributed by atoms with Crippen molar-refractivity contribution in [3.63, 3.8) is 0 Å². The molecular weight excluding hydrogens is 180 g/mol. The molecule has 2 heteroatoms. The molecular formula is C11H18OS. The lowest BCUT2D eigenvalue weighted by atomic mass is 10.1. The highest BCUT2D eigenvalue weighted by Gasteiger charge is 2.05. The van der Waals surface area contributed by atoms with E-state index in [2.05, 4.69) is 25.3 Å². The molecule has 74 valence electrons. The van der Waals surface area contributed by atoms with Crippen molar-refractivity contribution in [1.82, 2.24) is 0 Å². The normalized spacial score (nSPS) is 13.2. The molecule has 0 saturated heterocycles. The minimum absolute atomic E-state index is 0.107. The summed E-state index contributed by atoms with van der Waals surface area (Å²) in [6.45, 7) is 4.26. The van der Waals surface area contributed by atoms with Gasteiger partial charge in [0, 0.05) is 4.88 Å². The molecule has 0 aliphatic rings. The molecule has 0 spiro atoms. The number of thiophene rings is 1. The first-order valence-corrected chi connectivity index (χ1v) is 5.83. The number of hydrogen-bond donors (Lipinski definition) is 1. The van der Waals surface area contributed by atoms with Crippen molar-refractivity contribution in [2.45, 2.75) is 45.6 Å². The molecule has 1 aromatic heterocycles. The van der Waals surface area contributed by atoms with E-state index in [1.165, 1.54) is 10.4 Å². The van der Waals surface area contributed by atoms with Gasteiger partial charge >= 0.3 is 0 Å². The standard InChI is InChI=1S/C11H18OS/c1-3-4-11(12)6-5-10-7-8-13-9(10)2/h7-8,11-12H,3-6H2,1-2H3. The van der Waals surface area contributed by atoms with Gasteiger partial charge in [0.05, 0.1) is 6.10 Å². The van der Waals surface area contributed by atoms with Crippen molar-refractivity contribution in [2.24, 2.45) is 0 Å². The zero-order valence-electron chi connectivity index (χ0n) is 8.42. The summed E-state index contributed by atoms with van der Waals surface area (Å²) in [5.41, 5.74) is 1.40. The summed E-state index contributed by atoms with van der Waals surface area (Å²) in [7, 11) is 0. The van der Waals surface area contributed by atoms with Gasteiger partial charge in [-0.05, 0) is 43.2 Å². The molecule has 1 atom stereocenters. The average Bonchev–Trinajstić information content (AvgIpc) is 2.48. The molecule has 0 saturated carbocycles. The molecule has 0 bridgehead atoms. The topological polar surface area (TPSA) is 20.2 Å². The van der Waals surface area contributed by atoms with E-state index in [0.717, 1.165) is 25.7 Å². The fourth-order valence-electron chi connectivity index (χ4n) is 1.47. The molecule has 1 rings (SSSR count). The summed E-state index contributed by atoms with van der Waals surface area (Å²) in [5, 5.41) is 11.7. The predicted octanol–water partition coefficient (Wildman–Crippen LogP) is 3.15. The van der Waals surface area contributed by atoms with Crippen LogP contribution in [0.1, 0.15) is 36.6 Å². The molecule has 0 amide bonds. The Kier molecular flexibility index (Phi) is 4.46. The van der Waals surface area contributed by atoms with Gasteiger partial charge in [0.15, 0.2) is 0 Å². The summed E-state index contributed by atoms with van der Waals surface area (Å²) >= 11 is 1.79. The van der Waals surface area contributed by atoms with Crippen LogP contribution in [0.2, 0.25) is 0 Å². The largest absolute Gasteiger partial charge is 0.393 e. The van der Waals surface area contributed by atoms with Crippen molar-refractivity contribution >= 4 is 11.3 Å². The van der Waals surface area contributed by atoms with E-state index in [4.69, 9.17) is 0 Å². The quantitative estimate of drug-likeness (QED) is 0.770. The van der Waals surface area contributed by atoms with Crippen LogP contribution < -0.4 is 0 Å². The van der Waals surface area contributed by atoms with Crippen molar-refractivity contribution < 1.29 is 5.11 Å². The van der Waals surface area contributed by atoms with Crippen LogP contribution in [-0.4, -0.2) is 11.2 Å². The van der Waals surface area contributed by atoms with E-state index in [1.807, 2.05) is 0 Å². The van der Waals surface area contributed by atoms with Crippen LogP contribution in [0.5, 0.6) is 0 Å². The Morgan fingerprint density at radius 1 is 1.46 bits per heavy atom. The van der Waals surface area contributed by atoms with Gasteiger partial charge in [0.2, 0.25) is 0 Å². The second-order valence-electron chi connectivity index (χ2n) is 3.48. The zero-order chi connectivity index (χ0) is 9.68. The Hall–Kier alpha value is -0.340. The van der Waals surface area contributed by atoms with Gasteiger partial charge in [-0.25, -0.2) is 0 Å². The van der Waals surface area contributed by atoms with Gasteiger partial charge in [-0.2, -0.15) is 0 Å². The van der Waals surface area contributed by atoms with Crippen molar-refractivity contribution in [2.75, 3.05) is 0 Å². The first-order chi connectivity index (χ1) is 6.24. The first kappa shape index (κ1) is 10.7. The third-order valence-corrected chi connectivity index (χ3v) is 3.22. The minimum atomic E-state index is -0.107. The van der Waals surface area contributed by atoms with Gasteiger partial charge in [-0.3, -0.25) is 0 Å². The Morgan fingerprint density at radius 3 is 2.77 bits per heavy atom. The summed E-state index contributed by atoms with van der Waals surface area (Å²) in [4.78, 5) is 1.39. The number of hydrogen-bond acceptors (Lipinski definition) is 2.